The van der Waals surface area contributed by atoms with Crippen LogP contribution in [-0.4, -0.2) is 10.1 Å². The number of benzene rings is 1. The maximum Gasteiger partial charge on any atom is 0.244 e. The fourth-order valence-electron chi connectivity index (χ4n) is 1.64. The maximum absolute atomic E-state index is 5.99. The van der Waals surface area contributed by atoms with Crippen molar-refractivity contribution >= 4 is 15.9 Å². The Labute approximate surface area is 115 Å². The summed E-state index contributed by atoms with van der Waals surface area (Å²) in [6.45, 7) is 6.07. The predicted molar refractivity (Wildman–Crippen MR) is 73.9 cm³/mol. The van der Waals surface area contributed by atoms with Crippen LogP contribution in [0.4, 0.5) is 0 Å². The summed E-state index contributed by atoms with van der Waals surface area (Å²) in [6, 6.07) is 5.73. The van der Waals surface area contributed by atoms with Gasteiger partial charge in [-0.25, -0.2) is 0 Å². The third-order valence-electron chi connectivity index (χ3n) is 2.87. The van der Waals surface area contributed by atoms with Gasteiger partial charge in [0, 0.05) is 10.0 Å². The van der Waals surface area contributed by atoms with Crippen molar-refractivity contribution in [2.75, 3.05) is 0 Å². The second kappa shape index (κ2) is 5.20. The molecule has 0 fully saturated rings. The zero-order valence-corrected chi connectivity index (χ0v) is 12.2. The van der Waals surface area contributed by atoms with Crippen molar-refractivity contribution in [2.24, 2.45) is 11.7 Å². The van der Waals surface area contributed by atoms with Gasteiger partial charge >= 0.3 is 0 Å². The molecule has 2 rings (SSSR count). The van der Waals surface area contributed by atoms with Crippen LogP contribution in [0.2, 0.25) is 0 Å². The van der Waals surface area contributed by atoms with Crippen molar-refractivity contribution in [3.63, 3.8) is 0 Å². The molecule has 1 aromatic heterocycles. The number of hydrogen-bond acceptors (Lipinski definition) is 4. The molecule has 0 aliphatic carbocycles. The highest BCUT2D eigenvalue weighted by atomic mass is 79.9. The van der Waals surface area contributed by atoms with Gasteiger partial charge in [-0.2, -0.15) is 4.98 Å². The van der Waals surface area contributed by atoms with E-state index in [0.29, 0.717) is 11.7 Å². The van der Waals surface area contributed by atoms with E-state index in [9.17, 15) is 0 Å². The van der Waals surface area contributed by atoms with E-state index < -0.39 is 0 Å². The van der Waals surface area contributed by atoms with Crippen LogP contribution >= 0.6 is 15.9 Å². The zero-order chi connectivity index (χ0) is 13.3. The van der Waals surface area contributed by atoms with Gasteiger partial charge in [-0.05, 0) is 36.6 Å². The molecule has 4 nitrogen and oxygen atoms in total. The Morgan fingerprint density at radius 3 is 2.67 bits per heavy atom. The average Bonchev–Trinajstić information content (AvgIpc) is 2.77. The van der Waals surface area contributed by atoms with Crippen molar-refractivity contribution in [1.82, 2.24) is 10.1 Å². The third kappa shape index (κ3) is 2.62. The third-order valence-corrected chi connectivity index (χ3v) is 3.37. The first-order valence-corrected chi connectivity index (χ1v) is 6.64. The summed E-state index contributed by atoms with van der Waals surface area (Å²) in [5.74, 6) is 1.35. The highest BCUT2D eigenvalue weighted by Gasteiger charge is 2.19. The molecule has 0 aliphatic rings. The Hall–Kier alpha value is -1.20. The minimum atomic E-state index is -0.220. The summed E-state index contributed by atoms with van der Waals surface area (Å²) in [5.41, 5.74) is 8.04. The normalized spacial score (nSPS) is 13.0. The molecule has 5 heteroatoms. The van der Waals surface area contributed by atoms with Gasteiger partial charge in [-0.1, -0.05) is 34.9 Å². The summed E-state index contributed by atoms with van der Waals surface area (Å²) >= 11 is 3.43. The van der Waals surface area contributed by atoms with Crippen LogP contribution < -0.4 is 5.73 Å². The number of nitrogens with zero attached hydrogens (tertiary/aromatic N) is 2. The molecule has 1 heterocycles. The molecule has 2 N–H and O–H groups in total. The summed E-state index contributed by atoms with van der Waals surface area (Å²) in [4.78, 5) is 4.37. The minimum absolute atomic E-state index is 0.220. The summed E-state index contributed by atoms with van der Waals surface area (Å²) in [7, 11) is 0. The quantitative estimate of drug-likeness (QED) is 0.943. The van der Waals surface area contributed by atoms with E-state index in [4.69, 9.17) is 10.3 Å². The summed E-state index contributed by atoms with van der Waals surface area (Å²) in [5, 5.41) is 4.00. The fraction of sp³-hybridized carbons (Fsp3) is 0.385. The van der Waals surface area contributed by atoms with E-state index in [0.717, 1.165) is 15.6 Å². The number of aryl methyl sites for hydroxylation is 1. The van der Waals surface area contributed by atoms with Crippen molar-refractivity contribution < 1.29 is 4.52 Å². The van der Waals surface area contributed by atoms with Gasteiger partial charge in [0.25, 0.3) is 0 Å². The van der Waals surface area contributed by atoms with Crippen molar-refractivity contribution in [3.05, 3.63) is 34.1 Å². The SMILES string of the molecule is Cc1cc(Br)ccc1-c1noc([C@H](N)C(C)C)n1. The van der Waals surface area contributed by atoms with E-state index in [1.807, 2.05) is 39.0 Å². The largest absolute Gasteiger partial charge is 0.337 e. The van der Waals surface area contributed by atoms with Gasteiger partial charge in [0.1, 0.15) is 0 Å². The van der Waals surface area contributed by atoms with Crippen LogP contribution in [0.1, 0.15) is 31.3 Å². The minimum Gasteiger partial charge on any atom is -0.337 e. The van der Waals surface area contributed by atoms with Crippen LogP contribution in [0.15, 0.2) is 27.2 Å². The molecule has 0 radical (unpaired) electrons. The van der Waals surface area contributed by atoms with E-state index in [1.54, 1.807) is 0 Å². The first-order chi connectivity index (χ1) is 8.49. The van der Waals surface area contributed by atoms with E-state index >= 15 is 0 Å². The molecule has 0 saturated carbocycles. The molecule has 0 spiro atoms. The Kier molecular flexibility index (Phi) is 3.82. The molecular weight excluding hydrogens is 294 g/mol. The van der Waals surface area contributed by atoms with E-state index in [2.05, 4.69) is 26.1 Å². The Bertz CT molecular complexity index is 551. The van der Waals surface area contributed by atoms with Crippen LogP contribution in [0.5, 0.6) is 0 Å². The summed E-state index contributed by atoms with van der Waals surface area (Å²) in [6.07, 6.45) is 0. The molecule has 1 atom stereocenters. The molecule has 0 amide bonds. The van der Waals surface area contributed by atoms with Crippen LogP contribution in [0.25, 0.3) is 11.4 Å². The summed E-state index contributed by atoms with van der Waals surface area (Å²) < 4.78 is 6.26. The molecule has 0 saturated heterocycles. The smallest absolute Gasteiger partial charge is 0.244 e. The first-order valence-electron chi connectivity index (χ1n) is 5.84. The molecule has 0 aliphatic heterocycles. The van der Waals surface area contributed by atoms with Crippen molar-refractivity contribution in [2.45, 2.75) is 26.8 Å². The Balaban J connectivity index is 2.35. The zero-order valence-electron chi connectivity index (χ0n) is 10.6. The van der Waals surface area contributed by atoms with Crippen LogP contribution in [-0.2, 0) is 0 Å². The van der Waals surface area contributed by atoms with Crippen LogP contribution in [0, 0.1) is 12.8 Å². The Morgan fingerprint density at radius 1 is 1.33 bits per heavy atom. The van der Waals surface area contributed by atoms with E-state index in [-0.39, 0.29) is 12.0 Å². The first kappa shape index (κ1) is 13.2. The standard InChI is InChI=1S/C13H16BrN3O/c1-7(2)11(15)13-16-12(17-18-13)10-5-4-9(14)6-8(10)3/h4-7,11H,15H2,1-3H3/t11-/m1/s1. The predicted octanol–water partition coefficient (Wildman–Crippen LogP) is 3.46. The molecule has 0 bridgehead atoms. The maximum atomic E-state index is 5.99. The van der Waals surface area contributed by atoms with Gasteiger partial charge in [0.05, 0.1) is 6.04 Å². The van der Waals surface area contributed by atoms with Crippen molar-refractivity contribution in [3.8, 4) is 11.4 Å². The average molecular weight is 310 g/mol. The lowest BCUT2D eigenvalue weighted by Crippen LogP contribution is -2.16. The fourth-order valence-corrected chi connectivity index (χ4v) is 2.12. The lowest BCUT2D eigenvalue weighted by atomic mass is 10.1. The molecular formula is C13H16BrN3O. The molecule has 18 heavy (non-hydrogen) atoms. The van der Waals surface area contributed by atoms with E-state index in [1.165, 1.54) is 0 Å². The Morgan fingerprint density at radius 2 is 2.06 bits per heavy atom. The van der Waals surface area contributed by atoms with Crippen molar-refractivity contribution in [1.29, 1.82) is 0 Å². The van der Waals surface area contributed by atoms with Gasteiger partial charge < -0.3 is 10.3 Å². The second-order valence-electron chi connectivity index (χ2n) is 4.69. The molecule has 96 valence electrons. The number of nitrogens with two attached hydrogens (primary N) is 1. The number of halogens is 1. The topological polar surface area (TPSA) is 64.9 Å². The van der Waals surface area contributed by atoms with Crippen LogP contribution in [0.3, 0.4) is 0 Å². The monoisotopic (exact) mass is 309 g/mol. The molecule has 0 unspecified atom stereocenters. The van der Waals surface area contributed by atoms with Gasteiger partial charge in [-0.15, -0.1) is 0 Å². The molecule has 1 aromatic carbocycles. The van der Waals surface area contributed by atoms with Gasteiger partial charge in [0.2, 0.25) is 11.7 Å². The lowest BCUT2D eigenvalue weighted by molar-refractivity contribution is 0.325. The number of aromatic nitrogens is 2. The molecule has 2 aromatic rings. The number of hydrogen-bond donors (Lipinski definition) is 1. The second-order valence-corrected chi connectivity index (χ2v) is 5.60. The highest BCUT2D eigenvalue weighted by molar-refractivity contribution is 9.10. The lowest BCUT2D eigenvalue weighted by Gasteiger charge is -2.09. The van der Waals surface area contributed by atoms with Gasteiger partial charge in [0.15, 0.2) is 0 Å². The highest BCUT2D eigenvalue weighted by Crippen LogP contribution is 2.25. The van der Waals surface area contributed by atoms with Gasteiger partial charge in [-0.3, -0.25) is 0 Å². The number of rotatable bonds is 3.